The number of aryl methyl sites for hydroxylation is 1. The number of carbonyl (C=O) groups is 1. The van der Waals surface area contributed by atoms with Gasteiger partial charge < -0.3 is 19.4 Å². The molecule has 9 nitrogen and oxygen atoms in total. The molecule has 2 aliphatic rings. The SMILES string of the molecule is COCC(F)(F)CN1CCN(C(=O)c2cc3c(cc2C)[nH]c(=O)c2cnn([C@H]4CCOC4)c23)CC1. The van der Waals surface area contributed by atoms with E-state index in [-0.39, 0.29) is 17.5 Å². The summed E-state index contributed by atoms with van der Waals surface area (Å²) in [5, 5.41) is 5.69. The summed E-state index contributed by atoms with van der Waals surface area (Å²) < 4.78 is 39.8. The van der Waals surface area contributed by atoms with Crippen LogP contribution in [0.15, 0.2) is 23.1 Å². The molecule has 5 rings (SSSR count). The van der Waals surface area contributed by atoms with Crippen molar-refractivity contribution in [3.63, 3.8) is 0 Å². The van der Waals surface area contributed by atoms with Crippen LogP contribution in [0.2, 0.25) is 0 Å². The summed E-state index contributed by atoms with van der Waals surface area (Å²) in [4.78, 5) is 32.4. The van der Waals surface area contributed by atoms with E-state index in [1.54, 1.807) is 16.0 Å². The minimum Gasteiger partial charge on any atom is -0.379 e. The third-order valence-electron chi connectivity index (χ3n) is 6.86. The molecule has 4 heterocycles. The zero-order chi connectivity index (χ0) is 24.7. The predicted octanol–water partition coefficient (Wildman–Crippen LogP) is 2.19. The number of H-pyrrole nitrogens is 1. The average molecular weight is 490 g/mol. The van der Waals surface area contributed by atoms with Crippen molar-refractivity contribution in [1.29, 1.82) is 0 Å². The van der Waals surface area contributed by atoms with Crippen molar-refractivity contribution in [3.05, 3.63) is 39.8 Å². The smallest absolute Gasteiger partial charge is 0.283 e. The Bertz CT molecular complexity index is 1310. The number of alkyl halides is 2. The van der Waals surface area contributed by atoms with Crippen LogP contribution in [-0.2, 0) is 9.47 Å². The number of fused-ring (bicyclic) bond motifs is 3. The second kappa shape index (κ2) is 9.29. The Labute approximate surface area is 200 Å². The zero-order valence-corrected chi connectivity index (χ0v) is 19.9. The van der Waals surface area contributed by atoms with E-state index in [1.807, 2.05) is 23.7 Å². The lowest BCUT2D eigenvalue weighted by Gasteiger charge is -2.36. The van der Waals surface area contributed by atoms with Crippen molar-refractivity contribution in [1.82, 2.24) is 24.6 Å². The molecule has 2 fully saturated rings. The van der Waals surface area contributed by atoms with Crippen LogP contribution in [0.1, 0.15) is 28.4 Å². The second-order valence-corrected chi connectivity index (χ2v) is 9.39. The maximum absolute atomic E-state index is 13.9. The summed E-state index contributed by atoms with van der Waals surface area (Å²) in [6, 6.07) is 3.66. The van der Waals surface area contributed by atoms with Crippen LogP contribution >= 0.6 is 0 Å². The molecule has 1 atom stereocenters. The fourth-order valence-corrected chi connectivity index (χ4v) is 5.08. The highest BCUT2D eigenvalue weighted by molar-refractivity contribution is 6.07. The van der Waals surface area contributed by atoms with E-state index in [0.29, 0.717) is 61.4 Å². The Balaban J connectivity index is 1.44. The lowest BCUT2D eigenvalue weighted by Crippen LogP contribution is -2.52. The molecule has 11 heteroatoms. The van der Waals surface area contributed by atoms with E-state index in [0.717, 1.165) is 17.4 Å². The lowest BCUT2D eigenvalue weighted by atomic mass is 10.0. The summed E-state index contributed by atoms with van der Waals surface area (Å²) in [5.74, 6) is -3.08. The van der Waals surface area contributed by atoms with Gasteiger partial charge in [0.05, 0.1) is 41.8 Å². The first kappa shape index (κ1) is 23.8. The van der Waals surface area contributed by atoms with Gasteiger partial charge in [0.1, 0.15) is 6.61 Å². The lowest BCUT2D eigenvalue weighted by molar-refractivity contribution is -0.0880. The number of carbonyl (C=O) groups excluding carboxylic acids is 1. The van der Waals surface area contributed by atoms with Crippen LogP contribution in [0.4, 0.5) is 8.78 Å². The Morgan fingerprint density at radius 2 is 2.03 bits per heavy atom. The first-order chi connectivity index (χ1) is 16.8. The Kier molecular flexibility index (Phi) is 6.32. The number of hydrogen-bond acceptors (Lipinski definition) is 6. The molecule has 0 saturated carbocycles. The van der Waals surface area contributed by atoms with Crippen LogP contribution in [0.5, 0.6) is 0 Å². The first-order valence-electron chi connectivity index (χ1n) is 11.8. The number of halogens is 2. The molecular weight excluding hydrogens is 460 g/mol. The summed E-state index contributed by atoms with van der Waals surface area (Å²) in [5.41, 5.74) is 2.37. The molecule has 2 aliphatic heterocycles. The van der Waals surface area contributed by atoms with Crippen LogP contribution in [0, 0.1) is 6.92 Å². The Morgan fingerprint density at radius 1 is 1.26 bits per heavy atom. The van der Waals surface area contributed by atoms with Gasteiger partial charge in [0.15, 0.2) is 0 Å². The molecule has 0 unspecified atom stereocenters. The molecule has 0 aliphatic carbocycles. The molecule has 0 spiro atoms. The number of pyridine rings is 1. The number of aromatic nitrogens is 3. The van der Waals surface area contributed by atoms with Crippen molar-refractivity contribution >= 4 is 27.7 Å². The van der Waals surface area contributed by atoms with Crippen LogP contribution < -0.4 is 5.56 Å². The number of benzene rings is 1. The zero-order valence-electron chi connectivity index (χ0n) is 19.9. The standard InChI is InChI=1S/C24H29F2N5O4/c1-15-9-20-18(21-19(22(32)28-20)11-27-31(21)16-3-8-35-12-16)10-17(15)23(33)30-6-4-29(5-7-30)13-24(25,26)14-34-2/h9-11,16H,3-8,12-14H2,1-2H3,(H,28,32)/t16-/m0/s1. The van der Waals surface area contributed by atoms with E-state index in [1.165, 1.54) is 7.11 Å². The minimum absolute atomic E-state index is 0.0299. The van der Waals surface area contributed by atoms with Gasteiger partial charge in [-0.3, -0.25) is 19.2 Å². The monoisotopic (exact) mass is 489 g/mol. The number of rotatable bonds is 6. The molecule has 2 aromatic heterocycles. The molecule has 0 bridgehead atoms. The highest BCUT2D eigenvalue weighted by atomic mass is 19.3. The number of piperazine rings is 1. The summed E-state index contributed by atoms with van der Waals surface area (Å²) in [6.07, 6.45) is 2.36. The van der Waals surface area contributed by atoms with Crippen LogP contribution in [-0.4, -0.2) is 96.0 Å². The maximum Gasteiger partial charge on any atom is 0.283 e. The molecule has 0 radical (unpaired) electrons. The van der Waals surface area contributed by atoms with Crippen LogP contribution in [0.3, 0.4) is 0 Å². The summed E-state index contributed by atoms with van der Waals surface area (Å²) >= 11 is 0. The molecule has 3 aromatic rings. The normalized spacial score (nSPS) is 19.8. The van der Waals surface area contributed by atoms with Gasteiger partial charge in [-0.2, -0.15) is 5.10 Å². The van der Waals surface area contributed by atoms with E-state index < -0.39 is 19.1 Å². The van der Waals surface area contributed by atoms with Crippen molar-refractivity contribution in [2.45, 2.75) is 25.3 Å². The van der Waals surface area contributed by atoms with Gasteiger partial charge in [-0.1, -0.05) is 0 Å². The van der Waals surface area contributed by atoms with E-state index >= 15 is 0 Å². The molecule has 188 valence electrons. The third kappa shape index (κ3) is 4.55. The molecular formula is C24H29F2N5O4. The number of nitrogens with zero attached hydrogens (tertiary/aromatic N) is 4. The van der Waals surface area contributed by atoms with Crippen molar-refractivity contribution < 1.29 is 23.0 Å². The fourth-order valence-electron chi connectivity index (χ4n) is 5.08. The minimum atomic E-state index is -2.93. The maximum atomic E-state index is 13.9. The fraction of sp³-hybridized carbons (Fsp3) is 0.542. The molecule has 1 N–H and O–H groups in total. The summed E-state index contributed by atoms with van der Waals surface area (Å²) in [7, 11) is 1.26. The molecule has 1 aromatic carbocycles. The second-order valence-electron chi connectivity index (χ2n) is 9.39. The predicted molar refractivity (Wildman–Crippen MR) is 126 cm³/mol. The van der Waals surface area contributed by atoms with E-state index in [2.05, 4.69) is 14.8 Å². The van der Waals surface area contributed by atoms with Crippen molar-refractivity contribution in [2.24, 2.45) is 0 Å². The Hall–Kier alpha value is -2.89. The number of amides is 1. The highest BCUT2D eigenvalue weighted by Crippen LogP contribution is 2.29. The number of ether oxygens (including phenoxy) is 2. The number of nitrogens with one attached hydrogen (secondary N) is 1. The van der Waals surface area contributed by atoms with Gasteiger partial charge in [0.25, 0.3) is 17.4 Å². The molecule has 2 saturated heterocycles. The topological polar surface area (TPSA) is 92.7 Å². The van der Waals surface area contributed by atoms with E-state index in [9.17, 15) is 18.4 Å². The largest absolute Gasteiger partial charge is 0.379 e. The van der Waals surface area contributed by atoms with Gasteiger partial charge in [0.2, 0.25) is 0 Å². The van der Waals surface area contributed by atoms with Gasteiger partial charge >= 0.3 is 0 Å². The Morgan fingerprint density at radius 3 is 2.71 bits per heavy atom. The van der Waals surface area contributed by atoms with Crippen LogP contribution in [0.25, 0.3) is 21.8 Å². The number of methoxy groups -OCH3 is 1. The number of aromatic amines is 1. The molecule has 1 amide bonds. The van der Waals surface area contributed by atoms with Gasteiger partial charge in [-0.15, -0.1) is 0 Å². The van der Waals surface area contributed by atoms with Gasteiger partial charge in [-0.05, 0) is 31.0 Å². The first-order valence-corrected chi connectivity index (χ1v) is 11.8. The number of hydrogen-bond donors (Lipinski definition) is 1. The van der Waals surface area contributed by atoms with E-state index in [4.69, 9.17) is 4.74 Å². The van der Waals surface area contributed by atoms with Crippen molar-refractivity contribution in [2.75, 3.05) is 59.7 Å². The average Bonchev–Trinajstić information content (AvgIpc) is 3.49. The highest BCUT2D eigenvalue weighted by Gasteiger charge is 2.34. The molecule has 35 heavy (non-hydrogen) atoms. The van der Waals surface area contributed by atoms with Gasteiger partial charge in [-0.25, -0.2) is 8.78 Å². The van der Waals surface area contributed by atoms with Crippen molar-refractivity contribution in [3.8, 4) is 0 Å². The quantitative estimate of drug-likeness (QED) is 0.571. The third-order valence-corrected chi connectivity index (χ3v) is 6.86. The summed E-state index contributed by atoms with van der Waals surface area (Å²) in [6.45, 7) is 3.43. The van der Waals surface area contributed by atoms with Gasteiger partial charge in [0, 0.05) is 50.8 Å².